The molecule has 0 bridgehead atoms. The normalized spacial score (nSPS) is 10.1. The summed E-state index contributed by atoms with van der Waals surface area (Å²) in [6.45, 7) is 1.45. The van der Waals surface area contributed by atoms with Gasteiger partial charge in [0.2, 0.25) is 11.9 Å². The van der Waals surface area contributed by atoms with Crippen molar-refractivity contribution in [2.24, 2.45) is 0 Å². The predicted molar refractivity (Wildman–Crippen MR) is 107 cm³/mol. The molecule has 8 heteroatoms. The monoisotopic (exact) mass is 377 g/mol. The zero-order valence-electron chi connectivity index (χ0n) is 15.4. The summed E-state index contributed by atoms with van der Waals surface area (Å²) in [7, 11) is 1.58. The van der Waals surface area contributed by atoms with Crippen LogP contribution >= 0.6 is 0 Å². The molecule has 3 rings (SSSR count). The second kappa shape index (κ2) is 8.63. The molecule has 8 nitrogen and oxygen atoms in total. The molecular weight excluding hydrogens is 358 g/mol. The molecule has 2 amide bonds. The van der Waals surface area contributed by atoms with E-state index in [1.54, 1.807) is 55.6 Å². The van der Waals surface area contributed by atoms with E-state index < -0.39 is 0 Å². The van der Waals surface area contributed by atoms with Gasteiger partial charge in [-0.25, -0.2) is 9.97 Å². The van der Waals surface area contributed by atoms with Gasteiger partial charge < -0.3 is 20.7 Å². The number of amides is 2. The lowest BCUT2D eigenvalue weighted by Gasteiger charge is -2.08. The number of methoxy groups -OCH3 is 1. The van der Waals surface area contributed by atoms with Crippen molar-refractivity contribution in [3.63, 3.8) is 0 Å². The first-order valence-corrected chi connectivity index (χ1v) is 8.45. The second-order valence-electron chi connectivity index (χ2n) is 5.86. The minimum absolute atomic E-state index is 0.132. The Labute approximate surface area is 162 Å². The molecule has 28 heavy (non-hydrogen) atoms. The number of anilines is 4. The van der Waals surface area contributed by atoms with Crippen molar-refractivity contribution in [3.8, 4) is 5.75 Å². The number of carbonyl (C=O) groups excluding carboxylic acids is 2. The van der Waals surface area contributed by atoms with Crippen molar-refractivity contribution in [2.75, 3.05) is 23.1 Å². The molecule has 2 aromatic carbocycles. The Morgan fingerprint density at radius 1 is 0.821 bits per heavy atom. The topological polar surface area (TPSA) is 105 Å². The Hall–Kier alpha value is -3.94. The summed E-state index contributed by atoms with van der Waals surface area (Å²) >= 11 is 0. The summed E-state index contributed by atoms with van der Waals surface area (Å²) < 4.78 is 5.09. The maximum absolute atomic E-state index is 12.3. The van der Waals surface area contributed by atoms with Crippen LogP contribution in [0.2, 0.25) is 0 Å². The van der Waals surface area contributed by atoms with E-state index in [0.29, 0.717) is 28.6 Å². The maximum Gasteiger partial charge on any atom is 0.258 e. The van der Waals surface area contributed by atoms with Crippen LogP contribution in [0.3, 0.4) is 0 Å². The van der Waals surface area contributed by atoms with Gasteiger partial charge in [0, 0.05) is 36.4 Å². The van der Waals surface area contributed by atoms with Crippen LogP contribution in [0, 0.1) is 0 Å². The van der Waals surface area contributed by atoms with Gasteiger partial charge in [-0.05, 0) is 48.5 Å². The number of benzene rings is 2. The Bertz CT molecular complexity index is 955. The number of ether oxygens (including phenoxy) is 1. The summed E-state index contributed by atoms with van der Waals surface area (Å²) in [5.41, 5.74) is 2.43. The highest BCUT2D eigenvalue weighted by molar-refractivity contribution is 6.03. The fraction of sp³-hybridized carbons (Fsp3) is 0.100. The molecule has 0 aliphatic rings. The molecule has 1 heterocycles. The van der Waals surface area contributed by atoms with Crippen LogP contribution in [0.5, 0.6) is 5.75 Å². The van der Waals surface area contributed by atoms with E-state index in [1.807, 2.05) is 0 Å². The van der Waals surface area contributed by atoms with Crippen molar-refractivity contribution in [1.82, 2.24) is 9.97 Å². The SMILES string of the molecule is COc1ccc(NC(=O)c2cnc(Nc3ccc(NC(C)=O)cc3)nc2)cc1. The number of hydrogen-bond acceptors (Lipinski definition) is 6. The summed E-state index contributed by atoms with van der Waals surface area (Å²) in [6.07, 6.45) is 2.89. The molecule has 3 N–H and O–H groups in total. The molecule has 0 spiro atoms. The lowest BCUT2D eigenvalue weighted by atomic mass is 10.2. The van der Waals surface area contributed by atoms with Crippen LogP contribution in [-0.2, 0) is 4.79 Å². The van der Waals surface area contributed by atoms with Gasteiger partial charge in [-0.1, -0.05) is 0 Å². The van der Waals surface area contributed by atoms with Gasteiger partial charge in [0.1, 0.15) is 5.75 Å². The lowest BCUT2D eigenvalue weighted by molar-refractivity contribution is -0.114. The van der Waals surface area contributed by atoms with Crippen molar-refractivity contribution < 1.29 is 14.3 Å². The zero-order chi connectivity index (χ0) is 19.9. The Kier molecular flexibility index (Phi) is 5.81. The number of hydrogen-bond donors (Lipinski definition) is 3. The average Bonchev–Trinajstić information content (AvgIpc) is 2.70. The third-order valence-electron chi connectivity index (χ3n) is 3.72. The molecule has 0 unspecified atom stereocenters. The molecule has 0 saturated carbocycles. The summed E-state index contributed by atoms with van der Waals surface area (Å²) in [5, 5.41) is 8.50. The van der Waals surface area contributed by atoms with E-state index in [2.05, 4.69) is 25.9 Å². The Balaban J connectivity index is 1.60. The van der Waals surface area contributed by atoms with Crippen LogP contribution < -0.4 is 20.7 Å². The van der Waals surface area contributed by atoms with Crippen molar-refractivity contribution >= 4 is 34.8 Å². The Morgan fingerprint density at radius 2 is 1.36 bits per heavy atom. The number of rotatable bonds is 6. The van der Waals surface area contributed by atoms with Gasteiger partial charge in [0.05, 0.1) is 12.7 Å². The molecule has 142 valence electrons. The minimum Gasteiger partial charge on any atom is -0.497 e. The van der Waals surface area contributed by atoms with E-state index in [0.717, 1.165) is 5.69 Å². The van der Waals surface area contributed by atoms with Gasteiger partial charge in [0.25, 0.3) is 5.91 Å². The van der Waals surface area contributed by atoms with Gasteiger partial charge in [-0.15, -0.1) is 0 Å². The number of aromatic nitrogens is 2. The molecule has 0 atom stereocenters. The van der Waals surface area contributed by atoms with Crippen LogP contribution in [0.25, 0.3) is 0 Å². The average molecular weight is 377 g/mol. The fourth-order valence-corrected chi connectivity index (χ4v) is 2.36. The molecule has 0 radical (unpaired) electrons. The van der Waals surface area contributed by atoms with Crippen LogP contribution in [0.4, 0.5) is 23.0 Å². The highest BCUT2D eigenvalue weighted by Gasteiger charge is 2.08. The zero-order valence-corrected chi connectivity index (χ0v) is 15.4. The summed E-state index contributed by atoms with van der Waals surface area (Å²) in [6, 6.07) is 14.1. The van der Waals surface area contributed by atoms with Crippen molar-refractivity contribution in [1.29, 1.82) is 0 Å². The quantitative estimate of drug-likeness (QED) is 0.608. The first-order valence-electron chi connectivity index (χ1n) is 8.45. The summed E-state index contributed by atoms with van der Waals surface area (Å²) in [5.74, 6) is 0.624. The molecule has 0 saturated heterocycles. The van der Waals surface area contributed by atoms with E-state index in [1.165, 1.54) is 19.3 Å². The molecular formula is C20H19N5O3. The van der Waals surface area contributed by atoms with E-state index in [9.17, 15) is 9.59 Å². The van der Waals surface area contributed by atoms with Gasteiger partial charge in [-0.2, -0.15) is 0 Å². The maximum atomic E-state index is 12.3. The third kappa shape index (κ3) is 5.04. The molecule has 0 aliphatic carbocycles. The van der Waals surface area contributed by atoms with Crippen LogP contribution in [0.15, 0.2) is 60.9 Å². The van der Waals surface area contributed by atoms with Gasteiger partial charge >= 0.3 is 0 Å². The third-order valence-corrected chi connectivity index (χ3v) is 3.72. The van der Waals surface area contributed by atoms with Crippen LogP contribution in [-0.4, -0.2) is 28.9 Å². The standard InChI is InChI=1S/C20H19N5O3/c1-13(26)23-15-3-5-17(6-4-15)25-20-21-11-14(12-22-20)19(27)24-16-7-9-18(28-2)10-8-16/h3-12H,1-2H3,(H,23,26)(H,24,27)(H,21,22,25). The van der Waals surface area contributed by atoms with Crippen molar-refractivity contribution in [2.45, 2.75) is 6.92 Å². The highest BCUT2D eigenvalue weighted by atomic mass is 16.5. The fourth-order valence-electron chi connectivity index (χ4n) is 2.36. The number of nitrogens with zero attached hydrogens (tertiary/aromatic N) is 2. The summed E-state index contributed by atoms with van der Waals surface area (Å²) in [4.78, 5) is 31.6. The van der Waals surface area contributed by atoms with Gasteiger partial charge in [-0.3, -0.25) is 9.59 Å². The van der Waals surface area contributed by atoms with Crippen LogP contribution in [0.1, 0.15) is 17.3 Å². The minimum atomic E-state index is -0.309. The Morgan fingerprint density at radius 3 is 1.93 bits per heavy atom. The highest BCUT2D eigenvalue weighted by Crippen LogP contribution is 2.18. The van der Waals surface area contributed by atoms with E-state index >= 15 is 0 Å². The van der Waals surface area contributed by atoms with E-state index in [4.69, 9.17) is 4.74 Å². The largest absolute Gasteiger partial charge is 0.497 e. The van der Waals surface area contributed by atoms with E-state index in [-0.39, 0.29) is 11.8 Å². The van der Waals surface area contributed by atoms with Gasteiger partial charge in [0.15, 0.2) is 0 Å². The number of carbonyl (C=O) groups is 2. The predicted octanol–water partition coefficient (Wildman–Crippen LogP) is 3.44. The molecule has 1 aromatic heterocycles. The second-order valence-corrected chi connectivity index (χ2v) is 5.86. The molecule has 0 fully saturated rings. The first-order chi connectivity index (χ1) is 13.5. The number of nitrogens with one attached hydrogen (secondary N) is 3. The molecule has 3 aromatic rings. The first kappa shape index (κ1) is 18.8. The lowest BCUT2D eigenvalue weighted by Crippen LogP contribution is -2.13. The molecule has 0 aliphatic heterocycles. The smallest absolute Gasteiger partial charge is 0.258 e. The van der Waals surface area contributed by atoms with Crippen molar-refractivity contribution in [3.05, 3.63) is 66.5 Å².